The molecule has 2 aromatic carbocycles. The molecule has 1 aliphatic rings. The number of ether oxygens (including phenoxy) is 1. The van der Waals surface area contributed by atoms with E-state index in [9.17, 15) is 0 Å². The second kappa shape index (κ2) is 5.20. The van der Waals surface area contributed by atoms with Gasteiger partial charge in [0.1, 0.15) is 5.75 Å². The van der Waals surface area contributed by atoms with Crippen LogP contribution in [0, 0.1) is 13.8 Å². The maximum absolute atomic E-state index is 5.55. The molecule has 0 amide bonds. The Hall–Kier alpha value is -1.96. The molecule has 104 valence electrons. The van der Waals surface area contributed by atoms with Crippen LogP contribution in [0.5, 0.6) is 5.75 Å². The standard InChI is InChI=1S/C18H21NO/c1-12-4-6-17(13(2)10-12)14(3)19-16-5-7-18-15(11-16)8-9-20-18/h4-7,10-11,14,19H,8-9H2,1-3H3. The van der Waals surface area contributed by atoms with Crippen molar-refractivity contribution in [1.82, 2.24) is 0 Å². The Morgan fingerprint density at radius 2 is 1.95 bits per heavy atom. The number of benzene rings is 2. The van der Waals surface area contributed by atoms with Crippen molar-refractivity contribution in [1.29, 1.82) is 0 Å². The molecule has 0 radical (unpaired) electrons. The maximum Gasteiger partial charge on any atom is 0.122 e. The van der Waals surface area contributed by atoms with Crippen LogP contribution in [-0.2, 0) is 6.42 Å². The summed E-state index contributed by atoms with van der Waals surface area (Å²) in [4.78, 5) is 0. The van der Waals surface area contributed by atoms with Gasteiger partial charge in [-0.2, -0.15) is 0 Å². The monoisotopic (exact) mass is 267 g/mol. The summed E-state index contributed by atoms with van der Waals surface area (Å²) in [5.74, 6) is 1.04. The average Bonchev–Trinajstić information content (AvgIpc) is 2.85. The van der Waals surface area contributed by atoms with Crippen molar-refractivity contribution >= 4 is 5.69 Å². The Bertz CT molecular complexity index is 633. The van der Waals surface area contributed by atoms with Gasteiger partial charge in [0.25, 0.3) is 0 Å². The molecule has 2 nitrogen and oxygen atoms in total. The van der Waals surface area contributed by atoms with Crippen molar-refractivity contribution in [3.05, 3.63) is 58.7 Å². The van der Waals surface area contributed by atoms with Crippen molar-refractivity contribution in [3.63, 3.8) is 0 Å². The highest BCUT2D eigenvalue weighted by atomic mass is 16.5. The summed E-state index contributed by atoms with van der Waals surface area (Å²) in [6.07, 6.45) is 1.02. The van der Waals surface area contributed by atoms with Gasteiger partial charge in [0.2, 0.25) is 0 Å². The first-order valence-electron chi connectivity index (χ1n) is 7.23. The van der Waals surface area contributed by atoms with Gasteiger partial charge in [0.05, 0.1) is 6.61 Å². The van der Waals surface area contributed by atoms with Crippen molar-refractivity contribution in [2.75, 3.05) is 11.9 Å². The van der Waals surface area contributed by atoms with Crippen LogP contribution in [0.25, 0.3) is 0 Å². The Kier molecular flexibility index (Phi) is 3.39. The highest BCUT2D eigenvalue weighted by Crippen LogP contribution is 2.30. The zero-order valence-electron chi connectivity index (χ0n) is 12.4. The Balaban J connectivity index is 1.80. The largest absolute Gasteiger partial charge is 0.493 e. The van der Waals surface area contributed by atoms with Crippen LogP contribution in [0.3, 0.4) is 0 Å². The van der Waals surface area contributed by atoms with Gasteiger partial charge < -0.3 is 10.1 Å². The van der Waals surface area contributed by atoms with Crippen LogP contribution >= 0.6 is 0 Å². The van der Waals surface area contributed by atoms with Gasteiger partial charge >= 0.3 is 0 Å². The summed E-state index contributed by atoms with van der Waals surface area (Å²) in [7, 11) is 0. The molecule has 20 heavy (non-hydrogen) atoms. The van der Waals surface area contributed by atoms with Crippen LogP contribution in [-0.4, -0.2) is 6.61 Å². The first kappa shape index (κ1) is 13.0. The third-order valence-corrected chi connectivity index (χ3v) is 3.96. The van der Waals surface area contributed by atoms with Gasteiger partial charge in [-0.25, -0.2) is 0 Å². The summed E-state index contributed by atoms with van der Waals surface area (Å²) in [6.45, 7) is 7.33. The highest BCUT2D eigenvalue weighted by Gasteiger charge is 2.13. The molecule has 0 saturated heterocycles. The van der Waals surface area contributed by atoms with Crippen LogP contribution in [0.1, 0.15) is 35.2 Å². The molecule has 0 aliphatic carbocycles. The fraction of sp³-hybridized carbons (Fsp3) is 0.333. The molecule has 1 N–H and O–H groups in total. The number of rotatable bonds is 3. The minimum atomic E-state index is 0.302. The van der Waals surface area contributed by atoms with Crippen molar-refractivity contribution < 1.29 is 4.74 Å². The lowest BCUT2D eigenvalue weighted by molar-refractivity contribution is 0.357. The van der Waals surface area contributed by atoms with Crippen LogP contribution < -0.4 is 10.1 Å². The predicted octanol–water partition coefficient (Wildman–Crippen LogP) is 4.41. The molecule has 0 fully saturated rings. The lowest BCUT2D eigenvalue weighted by Gasteiger charge is -2.18. The number of hydrogen-bond donors (Lipinski definition) is 1. The van der Waals surface area contributed by atoms with Crippen LogP contribution in [0.15, 0.2) is 36.4 Å². The second-order valence-corrected chi connectivity index (χ2v) is 5.65. The second-order valence-electron chi connectivity index (χ2n) is 5.65. The Labute approximate surface area is 120 Å². The van der Waals surface area contributed by atoms with Crippen molar-refractivity contribution in [3.8, 4) is 5.75 Å². The molecule has 0 aromatic heterocycles. The first-order valence-corrected chi connectivity index (χ1v) is 7.23. The molecular formula is C18H21NO. The van der Waals surface area contributed by atoms with E-state index in [2.05, 4.69) is 62.5 Å². The highest BCUT2D eigenvalue weighted by molar-refractivity contribution is 5.54. The van der Waals surface area contributed by atoms with Crippen molar-refractivity contribution in [2.24, 2.45) is 0 Å². The number of fused-ring (bicyclic) bond motifs is 1. The normalized spacial score (nSPS) is 14.6. The maximum atomic E-state index is 5.55. The van der Waals surface area contributed by atoms with Crippen LogP contribution in [0.2, 0.25) is 0 Å². The number of nitrogens with one attached hydrogen (secondary N) is 1. The summed E-state index contributed by atoms with van der Waals surface area (Å²) in [5, 5.41) is 3.59. The van der Waals surface area contributed by atoms with Gasteiger partial charge in [-0.05, 0) is 55.7 Å². The Morgan fingerprint density at radius 3 is 2.75 bits per heavy atom. The first-order chi connectivity index (χ1) is 9.63. The molecule has 2 heteroatoms. The van der Waals surface area contributed by atoms with E-state index in [0.29, 0.717) is 6.04 Å². The van der Waals surface area contributed by atoms with Gasteiger partial charge in [-0.1, -0.05) is 23.8 Å². The lowest BCUT2D eigenvalue weighted by Crippen LogP contribution is -2.08. The van der Waals surface area contributed by atoms with Crippen molar-refractivity contribution in [2.45, 2.75) is 33.2 Å². The number of anilines is 1. The third-order valence-electron chi connectivity index (χ3n) is 3.96. The molecule has 2 aromatic rings. The molecular weight excluding hydrogens is 246 g/mol. The van der Waals surface area contributed by atoms with E-state index in [0.717, 1.165) is 18.8 Å². The van der Waals surface area contributed by atoms with E-state index in [1.54, 1.807) is 0 Å². The van der Waals surface area contributed by atoms with Crippen LogP contribution in [0.4, 0.5) is 5.69 Å². The summed E-state index contributed by atoms with van der Waals surface area (Å²) >= 11 is 0. The zero-order chi connectivity index (χ0) is 14.1. The number of aryl methyl sites for hydroxylation is 2. The fourth-order valence-corrected chi connectivity index (χ4v) is 2.92. The predicted molar refractivity (Wildman–Crippen MR) is 83.6 cm³/mol. The average molecular weight is 267 g/mol. The summed E-state index contributed by atoms with van der Waals surface area (Å²) < 4.78 is 5.55. The Morgan fingerprint density at radius 1 is 1.10 bits per heavy atom. The molecule has 0 spiro atoms. The van der Waals surface area contributed by atoms with Gasteiger partial charge in [0.15, 0.2) is 0 Å². The summed E-state index contributed by atoms with van der Waals surface area (Å²) in [6, 6.07) is 13.3. The molecule has 0 bridgehead atoms. The van der Waals surface area contributed by atoms with E-state index in [1.807, 2.05) is 0 Å². The topological polar surface area (TPSA) is 21.3 Å². The molecule has 1 atom stereocenters. The quantitative estimate of drug-likeness (QED) is 0.889. The van der Waals surface area contributed by atoms with E-state index >= 15 is 0 Å². The summed E-state index contributed by atoms with van der Waals surface area (Å²) in [5.41, 5.74) is 6.49. The molecule has 0 saturated carbocycles. The smallest absolute Gasteiger partial charge is 0.122 e. The zero-order valence-corrected chi connectivity index (χ0v) is 12.4. The van der Waals surface area contributed by atoms with Gasteiger partial charge in [0, 0.05) is 18.2 Å². The number of hydrogen-bond acceptors (Lipinski definition) is 2. The van der Waals surface area contributed by atoms with E-state index in [4.69, 9.17) is 4.74 Å². The molecule has 1 heterocycles. The molecule has 1 unspecified atom stereocenters. The molecule has 3 rings (SSSR count). The fourth-order valence-electron chi connectivity index (χ4n) is 2.92. The lowest BCUT2D eigenvalue weighted by atomic mass is 10.00. The third kappa shape index (κ3) is 2.51. The minimum Gasteiger partial charge on any atom is -0.493 e. The van der Waals surface area contributed by atoms with E-state index in [-0.39, 0.29) is 0 Å². The van der Waals surface area contributed by atoms with Gasteiger partial charge in [-0.15, -0.1) is 0 Å². The SMILES string of the molecule is Cc1ccc(C(C)Nc2ccc3c(c2)CCO3)c(C)c1. The molecule has 1 aliphatic heterocycles. The van der Waals surface area contributed by atoms with E-state index < -0.39 is 0 Å². The van der Waals surface area contributed by atoms with Gasteiger partial charge in [-0.3, -0.25) is 0 Å². The minimum absolute atomic E-state index is 0.302. The van der Waals surface area contributed by atoms with E-state index in [1.165, 1.54) is 27.9 Å².